The molecule has 0 aliphatic heterocycles. The zero-order chi connectivity index (χ0) is 16.5. The Balaban J connectivity index is 2.53. The van der Waals surface area contributed by atoms with E-state index in [0.29, 0.717) is 19.7 Å². The number of ether oxygens (including phenoxy) is 1. The summed E-state index contributed by atoms with van der Waals surface area (Å²) in [6.45, 7) is 10.9. The summed E-state index contributed by atoms with van der Waals surface area (Å²) in [4.78, 5) is 16.6. The van der Waals surface area contributed by atoms with Crippen molar-refractivity contribution in [3.8, 4) is 5.75 Å². The van der Waals surface area contributed by atoms with Crippen LogP contribution in [0, 0.1) is 6.92 Å². The Morgan fingerprint density at radius 3 is 2.27 bits per heavy atom. The monoisotopic (exact) mass is 306 g/mol. The van der Waals surface area contributed by atoms with Crippen LogP contribution in [0.2, 0.25) is 0 Å². The second-order valence-corrected chi connectivity index (χ2v) is 5.58. The van der Waals surface area contributed by atoms with Gasteiger partial charge < -0.3 is 9.64 Å². The zero-order valence-electron chi connectivity index (χ0n) is 14.6. The topological polar surface area (TPSA) is 32.8 Å². The zero-order valence-corrected chi connectivity index (χ0v) is 14.6. The molecule has 0 bridgehead atoms. The lowest BCUT2D eigenvalue weighted by Gasteiger charge is -2.30. The van der Waals surface area contributed by atoms with Crippen molar-refractivity contribution in [2.45, 2.75) is 40.2 Å². The van der Waals surface area contributed by atoms with Crippen LogP contribution in [0.15, 0.2) is 24.3 Å². The molecule has 0 spiro atoms. The van der Waals surface area contributed by atoms with Crippen molar-refractivity contribution in [3.63, 3.8) is 0 Å². The molecule has 1 aromatic rings. The van der Waals surface area contributed by atoms with E-state index in [2.05, 4.69) is 25.7 Å². The summed E-state index contributed by atoms with van der Waals surface area (Å²) >= 11 is 0. The summed E-state index contributed by atoms with van der Waals surface area (Å²) in [6, 6.07) is 7.95. The fourth-order valence-corrected chi connectivity index (χ4v) is 2.44. The molecule has 0 heterocycles. The van der Waals surface area contributed by atoms with Crippen LogP contribution < -0.4 is 4.74 Å². The molecular weight excluding hydrogens is 276 g/mol. The third-order valence-electron chi connectivity index (χ3n) is 4.05. The quantitative estimate of drug-likeness (QED) is 0.703. The molecule has 1 amide bonds. The van der Waals surface area contributed by atoms with Crippen LogP contribution >= 0.6 is 0 Å². The minimum Gasteiger partial charge on any atom is -0.492 e. The summed E-state index contributed by atoms with van der Waals surface area (Å²) in [7, 11) is 2.00. The Kier molecular flexibility index (Phi) is 7.96. The van der Waals surface area contributed by atoms with Gasteiger partial charge in [-0.3, -0.25) is 9.69 Å². The largest absolute Gasteiger partial charge is 0.492 e. The van der Waals surface area contributed by atoms with E-state index < -0.39 is 0 Å². The van der Waals surface area contributed by atoms with Gasteiger partial charge in [0.1, 0.15) is 12.4 Å². The molecule has 0 N–H and O–H groups in total. The Bertz CT molecular complexity index is 445. The van der Waals surface area contributed by atoms with E-state index in [0.717, 1.165) is 18.7 Å². The van der Waals surface area contributed by atoms with Crippen molar-refractivity contribution in [2.75, 3.05) is 33.3 Å². The van der Waals surface area contributed by atoms with Crippen LogP contribution in [0.5, 0.6) is 5.75 Å². The number of carbonyl (C=O) groups is 1. The van der Waals surface area contributed by atoms with E-state index in [-0.39, 0.29) is 11.9 Å². The van der Waals surface area contributed by atoms with E-state index in [1.165, 1.54) is 5.56 Å². The van der Waals surface area contributed by atoms with Crippen LogP contribution in [-0.4, -0.2) is 55.0 Å². The first kappa shape index (κ1) is 18.5. The molecule has 4 nitrogen and oxygen atoms in total. The summed E-state index contributed by atoms with van der Waals surface area (Å²) in [5.74, 6) is 1.05. The molecule has 0 aromatic heterocycles. The molecule has 0 aliphatic rings. The molecule has 0 radical (unpaired) electrons. The Hall–Kier alpha value is -1.55. The van der Waals surface area contributed by atoms with Gasteiger partial charge in [-0.1, -0.05) is 31.5 Å². The second-order valence-electron chi connectivity index (χ2n) is 5.58. The number of carbonyl (C=O) groups excluding carboxylic acids is 1. The molecule has 1 atom stereocenters. The van der Waals surface area contributed by atoms with Crippen LogP contribution in [0.25, 0.3) is 0 Å². The van der Waals surface area contributed by atoms with Gasteiger partial charge in [0.15, 0.2) is 0 Å². The highest BCUT2D eigenvalue weighted by Crippen LogP contribution is 2.12. The lowest BCUT2D eigenvalue weighted by molar-refractivity contribution is -0.136. The number of aryl methyl sites for hydroxylation is 1. The maximum Gasteiger partial charge on any atom is 0.240 e. The lowest BCUT2D eigenvalue weighted by Crippen LogP contribution is -2.48. The summed E-state index contributed by atoms with van der Waals surface area (Å²) in [6.07, 6.45) is 0.832. The number of hydrogen-bond donors (Lipinski definition) is 0. The van der Waals surface area contributed by atoms with E-state index in [1.807, 2.05) is 43.1 Å². The predicted molar refractivity (Wildman–Crippen MR) is 91.3 cm³/mol. The number of amides is 1. The molecule has 0 unspecified atom stereocenters. The summed E-state index contributed by atoms with van der Waals surface area (Å²) < 4.78 is 5.74. The van der Waals surface area contributed by atoms with Crippen LogP contribution in [0.3, 0.4) is 0 Å². The first-order valence-corrected chi connectivity index (χ1v) is 8.21. The fraction of sp³-hybridized carbons (Fsp3) is 0.611. The molecule has 124 valence electrons. The third kappa shape index (κ3) is 5.34. The maximum atomic E-state index is 12.6. The third-order valence-corrected chi connectivity index (χ3v) is 4.05. The lowest BCUT2D eigenvalue weighted by atomic mass is 10.1. The number of benzene rings is 1. The van der Waals surface area contributed by atoms with Crippen molar-refractivity contribution in [3.05, 3.63) is 29.8 Å². The van der Waals surface area contributed by atoms with Crippen molar-refractivity contribution < 1.29 is 9.53 Å². The van der Waals surface area contributed by atoms with E-state index >= 15 is 0 Å². The second kappa shape index (κ2) is 9.46. The van der Waals surface area contributed by atoms with Crippen molar-refractivity contribution in [2.24, 2.45) is 0 Å². The Morgan fingerprint density at radius 1 is 1.14 bits per heavy atom. The van der Waals surface area contributed by atoms with Crippen molar-refractivity contribution >= 4 is 5.91 Å². The normalized spacial score (nSPS) is 12.3. The van der Waals surface area contributed by atoms with Gasteiger partial charge in [-0.05, 0) is 46.0 Å². The van der Waals surface area contributed by atoms with Crippen molar-refractivity contribution in [1.29, 1.82) is 0 Å². The molecule has 0 fully saturated rings. The van der Waals surface area contributed by atoms with Gasteiger partial charge in [0.25, 0.3) is 0 Å². The highest BCUT2D eigenvalue weighted by atomic mass is 16.5. The number of nitrogens with zero attached hydrogens (tertiary/aromatic N) is 2. The maximum absolute atomic E-state index is 12.6. The van der Waals surface area contributed by atoms with E-state index in [1.54, 1.807) is 0 Å². The van der Waals surface area contributed by atoms with Crippen LogP contribution in [0.4, 0.5) is 0 Å². The first-order chi connectivity index (χ1) is 10.5. The smallest absolute Gasteiger partial charge is 0.240 e. The highest BCUT2D eigenvalue weighted by Gasteiger charge is 2.24. The number of hydrogen-bond acceptors (Lipinski definition) is 3. The van der Waals surface area contributed by atoms with Crippen molar-refractivity contribution in [1.82, 2.24) is 9.80 Å². The SMILES string of the molecule is CC[C@@H](C(=O)N(CC)CCOc1ccc(C)cc1)N(C)CC. The number of likely N-dealkylation sites (N-methyl/N-ethyl adjacent to an activating group) is 2. The predicted octanol–water partition coefficient (Wildman–Crippen LogP) is 2.95. The Morgan fingerprint density at radius 2 is 1.77 bits per heavy atom. The Labute approximate surface area is 135 Å². The molecule has 22 heavy (non-hydrogen) atoms. The molecule has 1 aromatic carbocycles. The molecule has 0 saturated heterocycles. The summed E-state index contributed by atoms with van der Waals surface area (Å²) in [5, 5.41) is 0. The van der Waals surface area contributed by atoms with Gasteiger partial charge in [-0.15, -0.1) is 0 Å². The number of rotatable bonds is 9. The highest BCUT2D eigenvalue weighted by molar-refractivity contribution is 5.81. The molecular formula is C18H30N2O2. The molecule has 1 rings (SSSR count). The van der Waals surface area contributed by atoms with E-state index in [9.17, 15) is 4.79 Å². The van der Waals surface area contributed by atoms with Gasteiger partial charge in [0, 0.05) is 6.54 Å². The average molecular weight is 306 g/mol. The van der Waals surface area contributed by atoms with Gasteiger partial charge in [0.2, 0.25) is 5.91 Å². The minimum atomic E-state index is -0.0377. The standard InChI is InChI=1S/C18H30N2O2/c1-6-17(19(5)7-2)18(21)20(8-3)13-14-22-16-11-9-15(4)10-12-16/h9-12,17H,6-8,13-14H2,1-5H3/t17-/m0/s1. The van der Waals surface area contributed by atoms with Gasteiger partial charge >= 0.3 is 0 Å². The van der Waals surface area contributed by atoms with Gasteiger partial charge in [-0.25, -0.2) is 0 Å². The van der Waals surface area contributed by atoms with E-state index in [4.69, 9.17) is 4.74 Å². The van der Waals surface area contributed by atoms with Gasteiger partial charge in [-0.2, -0.15) is 0 Å². The van der Waals surface area contributed by atoms with Crippen LogP contribution in [0.1, 0.15) is 32.8 Å². The van der Waals surface area contributed by atoms with Gasteiger partial charge in [0.05, 0.1) is 12.6 Å². The molecule has 0 saturated carbocycles. The summed E-state index contributed by atoms with van der Waals surface area (Å²) in [5.41, 5.74) is 1.21. The minimum absolute atomic E-state index is 0.0377. The fourth-order valence-electron chi connectivity index (χ4n) is 2.44. The molecule has 0 aliphatic carbocycles. The average Bonchev–Trinajstić information content (AvgIpc) is 2.53. The van der Waals surface area contributed by atoms with Crippen LogP contribution in [-0.2, 0) is 4.79 Å². The molecule has 4 heteroatoms. The first-order valence-electron chi connectivity index (χ1n) is 8.21.